The molecule has 3 N–H and O–H groups in total. The smallest absolute Gasteiger partial charge is 0.330 e. The molecule has 6 aromatic rings. The molecule has 44 heavy (non-hydrogen) atoms. The molecule has 0 unspecified atom stereocenters. The molecule has 0 aromatic heterocycles. The quantitative estimate of drug-likeness (QED) is 0.154. The van der Waals surface area contributed by atoms with Crippen LogP contribution in [0.3, 0.4) is 0 Å². The minimum atomic E-state index is -1.29. The van der Waals surface area contributed by atoms with Gasteiger partial charge in [0, 0.05) is 16.3 Å². The third kappa shape index (κ3) is 6.41. The van der Waals surface area contributed by atoms with Crippen LogP contribution in [0.1, 0.15) is 22.0 Å². The van der Waals surface area contributed by atoms with Gasteiger partial charge < -0.3 is 20.5 Å². The molecule has 1 atom stereocenters. The summed E-state index contributed by atoms with van der Waals surface area (Å²) in [5, 5.41) is 18.5. The number of carboxylic acid groups (broad SMARTS) is 1. The van der Waals surface area contributed by atoms with Crippen LogP contribution in [-0.2, 0) is 4.79 Å². The zero-order valence-corrected chi connectivity index (χ0v) is 24.2. The average Bonchev–Trinajstić information content (AvgIpc) is 3.05. The van der Waals surface area contributed by atoms with Crippen molar-refractivity contribution < 1.29 is 19.4 Å². The molecule has 0 saturated carbocycles. The maximum absolute atomic E-state index is 13.5. The molecule has 6 aromatic carbocycles. The Bertz CT molecular complexity index is 1960. The van der Waals surface area contributed by atoms with Crippen LogP contribution in [-0.4, -0.2) is 17.0 Å². The first-order valence-corrected chi connectivity index (χ1v) is 14.3. The highest BCUT2D eigenvalue weighted by Crippen LogP contribution is 2.34. The molecule has 1 amide bonds. The number of hydrogen-bond acceptors (Lipinski definition) is 4. The van der Waals surface area contributed by atoms with Gasteiger partial charge in [-0.3, -0.25) is 4.79 Å². The molecule has 0 spiro atoms. The molecule has 0 radical (unpaired) electrons. The Hall–Kier alpha value is -5.59. The second-order valence-electron chi connectivity index (χ2n) is 10.2. The van der Waals surface area contributed by atoms with E-state index in [9.17, 15) is 14.7 Å². The van der Waals surface area contributed by atoms with E-state index in [-0.39, 0.29) is 5.56 Å². The lowest BCUT2D eigenvalue weighted by Gasteiger charge is -2.18. The molecule has 0 aliphatic carbocycles. The van der Waals surface area contributed by atoms with E-state index in [2.05, 4.69) is 10.6 Å². The summed E-state index contributed by atoms with van der Waals surface area (Å²) in [6.45, 7) is 0. The number of halogens is 1. The summed E-state index contributed by atoms with van der Waals surface area (Å²) in [6, 6.07) is 41.6. The van der Waals surface area contributed by atoms with Crippen molar-refractivity contribution >= 4 is 45.6 Å². The third-order valence-corrected chi connectivity index (χ3v) is 7.43. The number of amides is 1. The van der Waals surface area contributed by atoms with Crippen LogP contribution < -0.4 is 15.4 Å². The molecule has 6 rings (SSSR count). The Kier molecular flexibility index (Phi) is 8.25. The number of anilines is 2. The lowest BCUT2D eigenvalue weighted by atomic mass is 9.99. The number of hydrogen-bond donors (Lipinski definition) is 3. The largest absolute Gasteiger partial charge is 0.479 e. The highest BCUT2D eigenvalue weighted by molar-refractivity contribution is 6.31. The van der Waals surface area contributed by atoms with E-state index >= 15 is 0 Å². The van der Waals surface area contributed by atoms with Crippen LogP contribution in [0.2, 0.25) is 5.02 Å². The monoisotopic (exact) mass is 598 g/mol. The van der Waals surface area contributed by atoms with E-state index in [1.165, 1.54) is 6.07 Å². The SMILES string of the molecule is O=C(N[C@H](C(=O)O)c1ccc(-c2ccccc2Oc2ccccc2)cc1)c1cc(Cl)ccc1Nc1ccc2ccccc2c1. The molecule has 0 bridgehead atoms. The van der Waals surface area contributed by atoms with Crippen molar-refractivity contribution in [3.05, 3.63) is 156 Å². The number of para-hydroxylation sites is 2. The number of fused-ring (bicyclic) bond motifs is 1. The Labute approximate surface area is 259 Å². The first-order valence-electron chi connectivity index (χ1n) is 14.0. The van der Waals surface area contributed by atoms with Crippen molar-refractivity contribution in [1.82, 2.24) is 5.32 Å². The summed E-state index contributed by atoms with van der Waals surface area (Å²) in [4.78, 5) is 25.9. The maximum atomic E-state index is 13.5. The van der Waals surface area contributed by atoms with E-state index in [4.69, 9.17) is 16.3 Å². The molecular formula is C37H27ClN2O4. The molecule has 0 saturated heterocycles. The number of rotatable bonds is 9. The van der Waals surface area contributed by atoms with E-state index in [1.807, 2.05) is 109 Å². The predicted octanol–water partition coefficient (Wildman–Crippen LogP) is 9.25. The van der Waals surface area contributed by atoms with Crippen molar-refractivity contribution in [3.8, 4) is 22.6 Å². The van der Waals surface area contributed by atoms with Gasteiger partial charge in [0.2, 0.25) is 0 Å². The number of benzene rings is 6. The summed E-state index contributed by atoms with van der Waals surface area (Å²) in [7, 11) is 0. The Morgan fingerprint density at radius 1 is 0.705 bits per heavy atom. The fraction of sp³-hybridized carbons (Fsp3) is 0.0270. The number of aliphatic carboxylic acids is 1. The van der Waals surface area contributed by atoms with E-state index < -0.39 is 17.9 Å². The fourth-order valence-electron chi connectivity index (χ4n) is 5.00. The van der Waals surface area contributed by atoms with Crippen molar-refractivity contribution in [2.24, 2.45) is 0 Å². The molecule has 6 nitrogen and oxygen atoms in total. The lowest BCUT2D eigenvalue weighted by Crippen LogP contribution is -2.34. The molecule has 0 heterocycles. The van der Waals surface area contributed by atoms with Crippen molar-refractivity contribution in [2.45, 2.75) is 6.04 Å². The van der Waals surface area contributed by atoms with Gasteiger partial charge in [0.05, 0.1) is 11.3 Å². The van der Waals surface area contributed by atoms with Crippen LogP contribution >= 0.6 is 11.6 Å². The number of nitrogens with one attached hydrogen (secondary N) is 2. The third-order valence-electron chi connectivity index (χ3n) is 7.19. The zero-order chi connectivity index (χ0) is 30.5. The van der Waals surface area contributed by atoms with Gasteiger partial charge in [0.25, 0.3) is 5.91 Å². The highest BCUT2D eigenvalue weighted by Gasteiger charge is 2.24. The molecule has 0 aliphatic heterocycles. The minimum Gasteiger partial charge on any atom is -0.479 e. The van der Waals surface area contributed by atoms with Gasteiger partial charge in [0.15, 0.2) is 6.04 Å². The maximum Gasteiger partial charge on any atom is 0.330 e. The predicted molar refractivity (Wildman–Crippen MR) is 175 cm³/mol. The van der Waals surface area contributed by atoms with Gasteiger partial charge in [-0.2, -0.15) is 0 Å². The zero-order valence-electron chi connectivity index (χ0n) is 23.4. The summed E-state index contributed by atoms with van der Waals surface area (Å²) >= 11 is 6.26. The number of carbonyl (C=O) groups excluding carboxylic acids is 1. The van der Waals surface area contributed by atoms with Crippen LogP contribution in [0.25, 0.3) is 21.9 Å². The average molecular weight is 599 g/mol. The molecule has 0 fully saturated rings. The second kappa shape index (κ2) is 12.7. The summed E-state index contributed by atoms with van der Waals surface area (Å²) < 4.78 is 6.10. The van der Waals surface area contributed by atoms with Gasteiger partial charge in [-0.1, -0.05) is 103 Å². The van der Waals surface area contributed by atoms with E-state index in [1.54, 1.807) is 24.3 Å². The topological polar surface area (TPSA) is 87.7 Å². The van der Waals surface area contributed by atoms with Gasteiger partial charge in [-0.25, -0.2) is 4.79 Å². The van der Waals surface area contributed by atoms with Gasteiger partial charge >= 0.3 is 5.97 Å². The number of ether oxygens (including phenoxy) is 1. The van der Waals surface area contributed by atoms with Crippen LogP contribution in [0, 0.1) is 0 Å². The Morgan fingerprint density at radius 3 is 2.18 bits per heavy atom. The van der Waals surface area contributed by atoms with Crippen molar-refractivity contribution in [3.63, 3.8) is 0 Å². The van der Waals surface area contributed by atoms with Crippen molar-refractivity contribution in [2.75, 3.05) is 5.32 Å². The molecule has 7 heteroatoms. The van der Waals surface area contributed by atoms with Crippen molar-refractivity contribution in [1.29, 1.82) is 0 Å². The van der Waals surface area contributed by atoms with Gasteiger partial charge in [-0.05, 0) is 70.4 Å². The van der Waals surface area contributed by atoms with E-state index in [0.29, 0.717) is 27.8 Å². The highest BCUT2D eigenvalue weighted by atomic mass is 35.5. The molecule has 0 aliphatic rings. The molecule has 216 valence electrons. The Morgan fingerprint density at radius 2 is 1.41 bits per heavy atom. The molecular weight excluding hydrogens is 572 g/mol. The summed E-state index contributed by atoms with van der Waals surface area (Å²) in [6.07, 6.45) is 0. The first-order chi connectivity index (χ1) is 21.4. The standard InChI is InChI=1S/C37H27ClN2O4/c38-28-19-21-33(39-29-20-18-24-8-4-5-9-27(24)22-29)32(23-28)36(41)40-35(37(42)43)26-16-14-25(15-17-26)31-12-6-7-13-34(31)44-30-10-2-1-3-11-30/h1-23,35,39H,(H,40,41)(H,42,43)/t35-/m0/s1. The number of carboxylic acids is 1. The van der Waals surface area contributed by atoms with E-state index in [0.717, 1.165) is 27.6 Å². The summed E-state index contributed by atoms with van der Waals surface area (Å²) in [5.74, 6) is -0.387. The minimum absolute atomic E-state index is 0.223. The van der Waals surface area contributed by atoms with Crippen LogP contribution in [0.4, 0.5) is 11.4 Å². The second-order valence-corrected chi connectivity index (χ2v) is 10.6. The van der Waals surface area contributed by atoms with Crippen LogP contribution in [0.15, 0.2) is 140 Å². The Balaban J connectivity index is 1.23. The fourth-order valence-corrected chi connectivity index (χ4v) is 5.17. The first kappa shape index (κ1) is 28.5. The van der Waals surface area contributed by atoms with Gasteiger partial charge in [-0.15, -0.1) is 0 Å². The van der Waals surface area contributed by atoms with Gasteiger partial charge in [0.1, 0.15) is 11.5 Å². The van der Waals surface area contributed by atoms with Crippen LogP contribution in [0.5, 0.6) is 11.5 Å². The lowest BCUT2D eigenvalue weighted by molar-refractivity contribution is -0.139. The normalized spacial score (nSPS) is 11.5. The summed E-state index contributed by atoms with van der Waals surface area (Å²) in [5.41, 5.74) is 3.61. The number of carbonyl (C=O) groups is 2.